The van der Waals surface area contributed by atoms with E-state index >= 15 is 0 Å². The highest BCUT2D eigenvalue weighted by Crippen LogP contribution is 2.17. The zero-order valence-electron chi connectivity index (χ0n) is 10.2. The van der Waals surface area contributed by atoms with Crippen molar-refractivity contribution in [3.05, 3.63) is 33.1 Å². The van der Waals surface area contributed by atoms with Gasteiger partial charge in [-0.1, -0.05) is 0 Å². The molecule has 3 aromatic rings. The van der Waals surface area contributed by atoms with Gasteiger partial charge in [-0.25, -0.2) is 4.79 Å². The van der Waals surface area contributed by atoms with Crippen LogP contribution in [0.15, 0.2) is 21.9 Å². The van der Waals surface area contributed by atoms with E-state index < -0.39 is 5.69 Å². The van der Waals surface area contributed by atoms with E-state index in [2.05, 4.69) is 10.2 Å². The number of nitrogens with zero attached hydrogens (tertiary/aromatic N) is 5. The highest BCUT2D eigenvalue weighted by atomic mass is 16.2. The van der Waals surface area contributed by atoms with E-state index in [0.717, 1.165) is 4.57 Å². The molecule has 0 aliphatic heterocycles. The molecule has 0 radical (unpaired) electrons. The largest absolute Gasteiger partial charge is 0.334 e. The Morgan fingerprint density at radius 1 is 1.00 bits per heavy atom. The van der Waals surface area contributed by atoms with E-state index in [-0.39, 0.29) is 5.56 Å². The lowest BCUT2D eigenvalue weighted by atomic mass is 10.2. The highest BCUT2D eigenvalue weighted by Gasteiger charge is 2.14. The van der Waals surface area contributed by atoms with Crippen LogP contribution < -0.4 is 11.2 Å². The van der Waals surface area contributed by atoms with E-state index in [4.69, 9.17) is 0 Å². The molecule has 0 saturated heterocycles. The molecule has 3 rings (SSSR count). The Bertz CT molecular complexity index is 900. The van der Waals surface area contributed by atoms with Crippen LogP contribution in [0.4, 0.5) is 0 Å². The first kappa shape index (κ1) is 10.7. The van der Waals surface area contributed by atoms with Crippen molar-refractivity contribution in [3.8, 4) is 0 Å². The van der Waals surface area contributed by atoms with Crippen LogP contribution in [0.2, 0.25) is 0 Å². The van der Waals surface area contributed by atoms with E-state index in [0.29, 0.717) is 22.1 Å². The minimum Gasteiger partial charge on any atom is -0.334 e. The maximum absolute atomic E-state index is 12.2. The molecule has 7 nitrogen and oxygen atoms in total. The second-order valence-corrected chi connectivity index (χ2v) is 4.27. The maximum atomic E-state index is 12.2. The third-order valence-electron chi connectivity index (χ3n) is 3.18. The van der Waals surface area contributed by atoms with Crippen molar-refractivity contribution in [2.45, 2.75) is 0 Å². The molecule has 18 heavy (non-hydrogen) atoms. The van der Waals surface area contributed by atoms with Crippen LogP contribution in [0.25, 0.3) is 22.1 Å². The standard InChI is InChI=1S/C11H11N5O2/c1-14-5-4-6-7-9(13-12-8(6)14)15(2)11(18)16(3)10(7)17/h4-5H,1-3H3. The fraction of sp³-hybridized carbons (Fsp3) is 0.273. The Labute approximate surface area is 101 Å². The second-order valence-electron chi connectivity index (χ2n) is 4.27. The van der Waals surface area contributed by atoms with Gasteiger partial charge in [0, 0.05) is 32.7 Å². The first-order valence-electron chi connectivity index (χ1n) is 5.40. The second kappa shape index (κ2) is 3.28. The van der Waals surface area contributed by atoms with Gasteiger partial charge in [0.15, 0.2) is 11.3 Å². The van der Waals surface area contributed by atoms with E-state index in [1.54, 1.807) is 17.7 Å². The number of fused-ring (bicyclic) bond motifs is 3. The van der Waals surface area contributed by atoms with Crippen molar-refractivity contribution in [2.24, 2.45) is 21.1 Å². The molecule has 0 spiro atoms. The molecule has 3 heterocycles. The van der Waals surface area contributed by atoms with Crippen molar-refractivity contribution < 1.29 is 0 Å². The Morgan fingerprint density at radius 3 is 2.39 bits per heavy atom. The normalized spacial score (nSPS) is 11.5. The third kappa shape index (κ3) is 1.13. The minimum absolute atomic E-state index is 0.307. The Kier molecular flexibility index (Phi) is 1.95. The van der Waals surface area contributed by atoms with Crippen molar-refractivity contribution in [2.75, 3.05) is 0 Å². The van der Waals surface area contributed by atoms with Crippen LogP contribution in [0.5, 0.6) is 0 Å². The van der Waals surface area contributed by atoms with Gasteiger partial charge in [0.05, 0.1) is 5.39 Å². The van der Waals surface area contributed by atoms with Gasteiger partial charge in [0.25, 0.3) is 5.56 Å². The topological polar surface area (TPSA) is 74.7 Å². The smallest absolute Gasteiger partial charge is 0.332 e. The molecule has 0 bridgehead atoms. The van der Waals surface area contributed by atoms with Crippen LogP contribution in [-0.4, -0.2) is 23.9 Å². The number of aromatic nitrogens is 5. The predicted molar refractivity (Wildman–Crippen MR) is 66.5 cm³/mol. The minimum atomic E-state index is -0.405. The lowest BCUT2D eigenvalue weighted by Gasteiger charge is -2.06. The Balaban J connectivity index is 2.76. The zero-order chi connectivity index (χ0) is 13.0. The van der Waals surface area contributed by atoms with Gasteiger partial charge in [-0.15, -0.1) is 10.2 Å². The van der Waals surface area contributed by atoms with Crippen LogP contribution >= 0.6 is 0 Å². The Morgan fingerprint density at radius 2 is 1.67 bits per heavy atom. The molecule has 3 aromatic heterocycles. The fourth-order valence-electron chi connectivity index (χ4n) is 2.12. The molecule has 0 atom stereocenters. The van der Waals surface area contributed by atoms with E-state index in [1.807, 2.05) is 13.2 Å². The predicted octanol–water partition coefficient (Wildman–Crippen LogP) is -0.481. The summed E-state index contributed by atoms with van der Waals surface area (Å²) in [5.41, 5.74) is 0.177. The quantitative estimate of drug-likeness (QED) is 0.536. The van der Waals surface area contributed by atoms with Gasteiger partial charge in [0.2, 0.25) is 0 Å². The summed E-state index contributed by atoms with van der Waals surface area (Å²) in [6.45, 7) is 0. The Hall–Kier alpha value is -2.44. The molecule has 0 aliphatic carbocycles. The van der Waals surface area contributed by atoms with Crippen LogP contribution in [0.1, 0.15) is 0 Å². The molecular formula is C11H11N5O2. The number of hydrogen-bond acceptors (Lipinski definition) is 4. The van der Waals surface area contributed by atoms with Gasteiger partial charge < -0.3 is 4.57 Å². The lowest BCUT2D eigenvalue weighted by Crippen LogP contribution is -2.37. The van der Waals surface area contributed by atoms with Crippen molar-refractivity contribution in [3.63, 3.8) is 0 Å². The molecule has 0 amide bonds. The summed E-state index contributed by atoms with van der Waals surface area (Å²) in [6.07, 6.45) is 1.81. The summed E-state index contributed by atoms with van der Waals surface area (Å²) < 4.78 is 4.19. The van der Waals surface area contributed by atoms with Gasteiger partial charge >= 0.3 is 5.69 Å². The summed E-state index contributed by atoms with van der Waals surface area (Å²) in [5, 5.41) is 9.16. The van der Waals surface area contributed by atoms with Crippen molar-refractivity contribution >= 4 is 22.1 Å². The average molecular weight is 245 g/mol. The highest BCUT2D eigenvalue weighted by molar-refractivity contribution is 6.00. The van der Waals surface area contributed by atoms with Crippen LogP contribution in [0, 0.1) is 0 Å². The molecule has 92 valence electrons. The first-order chi connectivity index (χ1) is 8.52. The molecule has 0 fully saturated rings. The first-order valence-corrected chi connectivity index (χ1v) is 5.40. The third-order valence-corrected chi connectivity index (χ3v) is 3.18. The molecule has 0 aliphatic rings. The van der Waals surface area contributed by atoms with E-state index in [1.165, 1.54) is 11.6 Å². The molecule has 7 heteroatoms. The maximum Gasteiger partial charge on any atom is 0.332 e. The number of hydrogen-bond donors (Lipinski definition) is 0. The monoisotopic (exact) mass is 245 g/mol. The molecule has 0 unspecified atom stereocenters. The summed E-state index contributed by atoms with van der Waals surface area (Å²) in [5.74, 6) is 0. The van der Waals surface area contributed by atoms with Gasteiger partial charge in [-0.2, -0.15) is 0 Å². The number of aryl methyl sites for hydroxylation is 2. The molecule has 0 saturated carbocycles. The van der Waals surface area contributed by atoms with Crippen LogP contribution in [-0.2, 0) is 21.1 Å². The molecule has 0 N–H and O–H groups in total. The van der Waals surface area contributed by atoms with Crippen molar-refractivity contribution in [1.82, 2.24) is 23.9 Å². The average Bonchev–Trinajstić information content (AvgIpc) is 2.75. The van der Waals surface area contributed by atoms with E-state index in [9.17, 15) is 9.59 Å². The van der Waals surface area contributed by atoms with Gasteiger partial charge in [-0.05, 0) is 6.07 Å². The summed E-state index contributed by atoms with van der Waals surface area (Å²) in [7, 11) is 4.86. The molecule has 0 aromatic carbocycles. The SMILES string of the molecule is Cn1c(=O)c2c3ccn(C)c3nnc2n(C)c1=O. The number of rotatable bonds is 0. The van der Waals surface area contributed by atoms with Gasteiger partial charge in [0.1, 0.15) is 0 Å². The summed E-state index contributed by atoms with van der Waals surface area (Å²) in [4.78, 5) is 24.0. The van der Waals surface area contributed by atoms with Gasteiger partial charge in [-0.3, -0.25) is 13.9 Å². The lowest BCUT2D eigenvalue weighted by molar-refractivity contribution is 0.704. The van der Waals surface area contributed by atoms with Crippen LogP contribution in [0.3, 0.4) is 0 Å². The van der Waals surface area contributed by atoms with Crippen molar-refractivity contribution in [1.29, 1.82) is 0 Å². The summed E-state index contributed by atoms with van der Waals surface area (Å²) >= 11 is 0. The summed E-state index contributed by atoms with van der Waals surface area (Å²) in [6, 6.07) is 1.80. The fourth-order valence-corrected chi connectivity index (χ4v) is 2.12. The molecular weight excluding hydrogens is 234 g/mol. The zero-order valence-corrected chi connectivity index (χ0v) is 10.2.